The molecular formula is C14H15N3O. The second-order valence-corrected chi connectivity index (χ2v) is 4.71. The number of fused-ring (bicyclic) bond motifs is 1. The summed E-state index contributed by atoms with van der Waals surface area (Å²) in [6.07, 6.45) is 3.35. The Bertz CT molecular complexity index is 605. The van der Waals surface area contributed by atoms with E-state index in [1.54, 1.807) is 6.07 Å². The van der Waals surface area contributed by atoms with Crippen LogP contribution in [0.2, 0.25) is 0 Å². The fourth-order valence-electron chi connectivity index (χ4n) is 2.20. The number of rotatable bonds is 2. The van der Waals surface area contributed by atoms with Crippen molar-refractivity contribution in [1.82, 2.24) is 10.3 Å². The van der Waals surface area contributed by atoms with Crippen molar-refractivity contribution in [3.8, 4) is 0 Å². The van der Waals surface area contributed by atoms with E-state index in [9.17, 15) is 4.79 Å². The number of carbonyl (C=O) groups excluding carboxylic acids is 1. The number of aromatic nitrogens is 1. The molecule has 0 bridgehead atoms. The van der Waals surface area contributed by atoms with Crippen LogP contribution < -0.4 is 11.1 Å². The van der Waals surface area contributed by atoms with Gasteiger partial charge in [0.25, 0.3) is 5.91 Å². The van der Waals surface area contributed by atoms with Crippen molar-refractivity contribution in [3.63, 3.8) is 0 Å². The lowest BCUT2D eigenvalue weighted by Gasteiger charge is -2.26. The van der Waals surface area contributed by atoms with E-state index in [2.05, 4.69) is 10.3 Å². The van der Waals surface area contributed by atoms with Crippen molar-refractivity contribution < 1.29 is 4.79 Å². The van der Waals surface area contributed by atoms with Crippen LogP contribution in [0.4, 0.5) is 5.82 Å². The monoisotopic (exact) mass is 241 g/mol. The van der Waals surface area contributed by atoms with Gasteiger partial charge in [-0.2, -0.15) is 0 Å². The number of para-hydroxylation sites is 1. The van der Waals surface area contributed by atoms with E-state index in [1.807, 2.05) is 24.3 Å². The number of hydrogen-bond acceptors (Lipinski definition) is 3. The molecule has 92 valence electrons. The number of nitrogens with two attached hydrogens (primary N) is 1. The van der Waals surface area contributed by atoms with Crippen molar-refractivity contribution in [1.29, 1.82) is 0 Å². The van der Waals surface area contributed by atoms with Crippen LogP contribution in [-0.2, 0) is 0 Å². The average Bonchev–Trinajstić information content (AvgIpc) is 2.32. The number of pyridine rings is 1. The number of benzene rings is 1. The molecule has 1 aromatic carbocycles. The minimum atomic E-state index is -0.0509. The van der Waals surface area contributed by atoms with Crippen LogP contribution in [0.5, 0.6) is 0 Å². The second-order valence-electron chi connectivity index (χ2n) is 4.71. The van der Waals surface area contributed by atoms with E-state index in [1.165, 1.54) is 6.42 Å². The highest BCUT2D eigenvalue weighted by molar-refractivity contribution is 6.07. The van der Waals surface area contributed by atoms with Crippen molar-refractivity contribution in [2.75, 3.05) is 5.73 Å². The van der Waals surface area contributed by atoms with Crippen molar-refractivity contribution in [3.05, 3.63) is 35.9 Å². The van der Waals surface area contributed by atoms with E-state index in [0.717, 1.165) is 23.7 Å². The Morgan fingerprint density at radius 2 is 2.11 bits per heavy atom. The van der Waals surface area contributed by atoms with E-state index in [-0.39, 0.29) is 5.91 Å². The maximum Gasteiger partial charge on any atom is 0.252 e. The van der Waals surface area contributed by atoms with Gasteiger partial charge in [0, 0.05) is 11.4 Å². The van der Waals surface area contributed by atoms with E-state index < -0.39 is 0 Å². The predicted molar refractivity (Wildman–Crippen MR) is 71.3 cm³/mol. The lowest BCUT2D eigenvalue weighted by molar-refractivity contribution is 0.0918. The fraction of sp³-hybridized carbons (Fsp3) is 0.286. The summed E-state index contributed by atoms with van der Waals surface area (Å²) in [5, 5.41) is 3.88. The van der Waals surface area contributed by atoms with Crippen molar-refractivity contribution in [2.24, 2.45) is 0 Å². The lowest BCUT2D eigenvalue weighted by Crippen LogP contribution is -2.39. The van der Waals surface area contributed by atoms with Gasteiger partial charge in [-0.05, 0) is 31.4 Å². The van der Waals surface area contributed by atoms with Gasteiger partial charge in [-0.25, -0.2) is 4.98 Å². The minimum absolute atomic E-state index is 0.0509. The smallest absolute Gasteiger partial charge is 0.252 e. The molecule has 4 nitrogen and oxygen atoms in total. The molecule has 0 spiro atoms. The van der Waals surface area contributed by atoms with Crippen LogP contribution in [0.1, 0.15) is 29.6 Å². The summed E-state index contributed by atoms with van der Waals surface area (Å²) in [6, 6.07) is 9.54. The molecule has 4 heteroatoms. The predicted octanol–water partition coefficient (Wildman–Crippen LogP) is 2.10. The molecule has 1 heterocycles. The summed E-state index contributed by atoms with van der Waals surface area (Å²) in [7, 11) is 0. The van der Waals surface area contributed by atoms with Gasteiger partial charge in [0.2, 0.25) is 0 Å². The molecule has 3 N–H and O–H groups in total. The number of nitrogen functional groups attached to an aromatic ring is 1. The van der Waals surface area contributed by atoms with Gasteiger partial charge < -0.3 is 11.1 Å². The summed E-state index contributed by atoms with van der Waals surface area (Å²) < 4.78 is 0. The minimum Gasteiger partial charge on any atom is -0.384 e. The zero-order chi connectivity index (χ0) is 12.5. The molecule has 0 atom stereocenters. The van der Waals surface area contributed by atoms with Gasteiger partial charge in [-0.15, -0.1) is 0 Å². The van der Waals surface area contributed by atoms with Crippen LogP contribution in [0.25, 0.3) is 10.9 Å². The maximum atomic E-state index is 12.2. The lowest BCUT2D eigenvalue weighted by atomic mass is 9.93. The molecule has 0 radical (unpaired) electrons. The topological polar surface area (TPSA) is 68.0 Å². The molecule has 3 rings (SSSR count). The maximum absolute atomic E-state index is 12.2. The van der Waals surface area contributed by atoms with Crippen molar-refractivity contribution >= 4 is 22.6 Å². The van der Waals surface area contributed by atoms with Gasteiger partial charge in [-0.3, -0.25) is 4.79 Å². The molecule has 1 amide bonds. The Labute approximate surface area is 105 Å². The first-order valence-corrected chi connectivity index (χ1v) is 6.20. The van der Waals surface area contributed by atoms with Crippen LogP contribution in [0.15, 0.2) is 30.3 Å². The standard InChI is InChI=1S/C14H15N3O/c15-13-8-11(14(18)16-9-4-3-5-9)10-6-1-2-7-12(10)17-13/h1-2,6-9H,3-5H2,(H2,15,17)(H,16,18). The zero-order valence-corrected chi connectivity index (χ0v) is 10.0. The molecular weight excluding hydrogens is 226 g/mol. The Morgan fingerprint density at radius 3 is 2.83 bits per heavy atom. The molecule has 0 saturated heterocycles. The fourth-order valence-corrected chi connectivity index (χ4v) is 2.20. The van der Waals surface area contributed by atoms with Crippen LogP contribution in [0.3, 0.4) is 0 Å². The first kappa shape index (κ1) is 11.0. The molecule has 2 aromatic rings. The SMILES string of the molecule is Nc1cc(C(=O)NC2CCC2)c2ccccc2n1. The van der Waals surface area contributed by atoms with Crippen LogP contribution in [-0.4, -0.2) is 16.9 Å². The van der Waals surface area contributed by atoms with Crippen LogP contribution in [0, 0.1) is 0 Å². The van der Waals surface area contributed by atoms with Crippen LogP contribution >= 0.6 is 0 Å². The average molecular weight is 241 g/mol. The van der Waals surface area contributed by atoms with Gasteiger partial charge in [0.05, 0.1) is 11.1 Å². The molecule has 1 aromatic heterocycles. The van der Waals surface area contributed by atoms with E-state index in [4.69, 9.17) is 5.73 Å². The van der Waals surface area contributed by atoms with Crippen molar-refractivity contribution in [2.45, 2.75) is 25.3 Å². The number of anilines is 1. The Balaban J connectivity index is 2.01. The highest BCUT2D eigenvalue weighted by atomic mass is 16.1. The molecule has 18 heavy (non-hydrogen) atoms. The quantitative estimate of drug-likeness (QED) is 0.846. The summed E-state index contributed by atoms with van der Waals surface area (Å²) in [4.78, 5) is 16.4. The summed E-state index contributed by atoms with van der Waals surface area (Å²) in [5.41, 5.74) is 7.12. The summed E-state index contributed by atoms with van der Waals surface area (Å²) >= 11 is 0. The molecule has 1 aliphatic carbocycles. The van der Waals surface area contributed by atoms with E-state index >= 15 is 0 Å². The molecule has 1 aliphatic rings. The third-order valence-electron chi connectivity index (χ3n) is 3.42. The number of nitrogens with one attached hydrogen (secondary N) is 1. The largest absolute Gasteiger partial charge is 0.384 e. The third-order valence-corrected chi connectivity index (χ3v) is 3.42. The molecule has 1 fully saturated rings. The molecule has 1 saturated carbocycles. The number of carbonyl (C=O) groups is 1. The second kappa shape index (κ2) is 4.29. The zero-order valence-electron chi connectivity index (χ0n) is 10.0. The van der Waals surface area contributed by atoms with Gasteiger partial charge in [0.15, 0.2) is 0 Å². The Kier molecular flexibility index (Phi) is 2.63. The Morgan fingerprint density at radius 1 is 1.33 bits per heavy atom. The number of amides is 1. The number of hydrogen-bond donors (Lipinski definition) is 2. The highest BCUT2D eigenvalue weighted by Gasteiger charge is 2.21. The van der Waals surface area contributed by atoms with E-state index in [0.29, 0.717) is 17.4 Å². The normalized spacial score (nSPS) is 15.3. The third kappa shape index (κ3) is 1.90. The van der Waals surface area contributed by atoms with Gasteiger partial charge in [-0.1, -0.05) is 18.2 Å². The first-order chi connectivity index (χ1) is 8.74. The van der Waals surface area contributed by atoms with Gasteiger partial charge in [0.1, 0.15) is 5.82 Å². The summed E-state index contributed by atoms with van der Waals surface area (Å²) in [5.74, 6) is 0.331. The summed E-state index contributed by atoms with van der Waals surface area (Å²) in [6.45, 7) is 0. The molecule has 0 unspecified atom stereocenters. The highest BCUT2D eigenvalue weighted by Crippen LogP contribution is 2.22. The molecule has 0 aliphatic heterocycles. The van der Waals surface area contributed by atoms with Gasteiger partial charge >= 0.3 is 0 Å². The Hall–Kier alpha value is -2.10. The number of nitrogens with zero attached hydrogens (tertiary/aromatic N) is 1. The first-order valence-electron chi connectivity index (χ1n) is 6.20.